The summed E-state index contributed by atoms with van der Waals surface area (Å²) in [6, 6.07) is 4.21. The summed E-state index contributed by atoms with van der Waals surface area (Å²) in [5, 5.41) is 5.38. The van der Waals surface area contributed by atoms with Crippen LogP contribution in [0.1, 0.15) is 32.4 Å². The van der Waals surface area contributed by atoms with Gasteiger partial charge in [-0.25, -0.2) is 9.59 Å². The largest absolute Gasteiger partial charge is 0.493 e. The van der Waals surface area contributed by atoms with Gasteiger partial charge in [0.2, 0.25) is 0 Å². The standard InChI is InChI=1S/C18H24N2O5/c1-10(2)9-25-17(21)14-11(3)19-18(22)20-15(14)12-7-6-8-13(23-4)16(12)24-5/h6-8,10,15H,9H2,1-5H3,(H2,19,20,22)/t15-/m1/s1. The van der Waals surface area contributed by atoms with Crippen LogP contribution in [0.5, 0.6) is 11.5 Å². The number of amides is 2. The minimum Gasteiger partial charge on any atom is -0.493 e. The van der Waals surface area contributed by atoms with Gasteiger partial charge in [-0.2, -0.15) is 0 Å². The van der Waals surface area contributed by atoms with Crippen molar-refractivity contribution in [3.63, 3.8) is 0 Å². The number of allylic oxidation sites excluding steroid dienone is 1. The number of methoxy groups -OCH3 is 2. The Bertz CT molecular complexity index is 697. The number of carbonyl (C=O) groups is 2. The maximum absolute atomic E-state index is 12.6. The first-order chi connectivity index (χ1) is 11.9. The zero-order valence-electron chi connectivity index (χ0n) is 15.1. The fraction of sp³-hybridized carbons (Fsp3) is 0.444. The van der Waals surface area contributed by atoms with Crippen molar-refractivity contribution in [2.75, 3.05) is 20.8 Å². The number of urea groups is 1. The van der Waals surface area contributed by atoms with Crippen molar-refractivity contribution in [2.45, 2.75) is 26.8 Å². The molecule has 25 heavy (non-hydrogen) atoms. The summed E-state index contributed by atoms with van der Waals surface area (Å²) in [7, 11) is 3.04. The van der Waals surface area contributed by atoms with Crippen LogP contribution in [-0.2, 0) is 9.53 Å². The van der Waals surface area contributed by atoms with Crippen molar-refractivity contribution < 1.29 is 23.8 Å². The molecule has 1 aliphatic heterocycles. The molecule has 0 fully saturated rings. The Kier molecular flexibility index (Phi) is 5.90. The van der Waals surface area contributed by atoms with Gasteiger partial charge in [0.15, 0.2) is 11.5 Å². The van der Waals surface area contributed by atoms with E-state index >= 15 is 0 Å². The zero-order chi connectivity index (χ0) is 18.6. The van der Waals surface area contributed by atoms with Gasteiger partial charge in [-0.3, -0.25) is 0 Å². The number of hydrogen-bond donors (Lipinski definition) is 2. The maximum atomic E-state index is 12.6. The Morgan fingerprint density at radius 2 is 1.96 bits per heavy atom. The molecule has 0 aliphatic carbocycles. The molecule has 0 saturated heterocycles. The predicted molar refractivity (Wildman–Crippen MR) is 92.5 cm³/mol. The SMILES string of the molecule is COc1cccc([C@H]2NC(=O)NC(C)=C2C(=O)OCC(C)C)c1OC. The quantitative estimate of drug-likeness (QED) is 0.772. The van der Waals surface area contributed by atoms with Crippen molar-refractivity contribution in [3.05, 3.63) is 35.0 Å². The number of esters is 1. The Morgan fingerprint density at radius 1 is 1.24 bits per heavy atom. The summed E-state index contributed by atoms with van der Waals surface area (Å²) in [4.78, 5) is 24.6. The second-order valence-corrected chi connectivity index (χ2v) is 6.15. The van der Waals surface area contributed by atoms with Gasteiger partial charge in [0, 0.05) is 11.3 Å². The number of benzene rings is 1. The second kappa shape index (κ2) is 7.92. The molecule has 1 atom stereocenters. The summed E-state index contributed by atoms with van der Waals surface area (Å²) in [5.74, 6) is 0.703. The van der Waals surface area contributed by atoms with Gasteiger partial charge in [-0.05, 0) is 18.9 Å². The third-order valence-corrected chi connectivity index (χ3v) is 3.78. The molecule has 0 unspecified atom stereocenters. The van der Waals surface area contributed by atoms with E-state index < -0.39 is 18.0 Å². The average Bonchev–Trinajstić information content (AvgIpc) is 2.58. The van der Waals surface area contributed by atoms with E-state index in [0.717, 1.165) is 0 Å². The summed E-state index contributed by atoms with van der Waals surface area (Å²) in [6.07, 6.45) is 0. The predicted octanol–water partition coefficient (Wildman–Crippen LogP) is 2.53. The molecule has 7 heteroatoms. The van der Waals surface area contributed by atoms with Crippen molar-refractivity contribution >= 4 is 12.0 Å². The lowest BCUT2D eigenvalue weighted by molar-refractivity contribution is -0.140. The van der Waals surface area contributed by atoms with E-state index in [4.69, 9.17) is 14.2 Å². The van der Waals surface area contributed by atoms with E-state index in [0.29, 0.717) is 34.9 Å². The van der Waals surface area contributed by atoms with Gasteiger partial charge >= 0.3 is 12.0 Å². The molecule has 1 aliphatic rings. The fourth-order valence-corrected chi connectivity index (χ4v) is 2.66. The first-order valence-electron chi connectivity index (χ1n) is 8.05. The van der Waals surface area contributed by atoms with Crippen LogP contribution in [0.3, 0.4) is 0 Å². The van der Waals surface area contributed by atoms with E-state index in [9.17, 15) is 9.59 Å². The maximum Gasteiger partial charge on any atom is 0.338 e. The van der Waals surface area contributed by atoms with E-state index in [1.807, 2.05) is 13.8 Å². The molecule has 0 saturated carbocycles. The summed E-state index contributed by atoms with van der Waals surface area (Å²) in [6.45, 7) is 5.88. The molecule has 0 bridgehead atoms. The van der Waals surface area contributed by atoms with E-state index in [1.165, 1.54) is 14.2 Å². The molecule has 2 N–H and O–H groups in total. The van der Waals surface area contributed by atoms with Crippen LogP contribution in [-0.4, -0.2) is 32.8 Å². The highest BCUT2D eigenvalue weighted by Gasteiger charge is 2.34. The molecule has 2 rings (SSSR count). The Hall–Kier alpha value is -2.70. The lowest BCUT2D eigenvalue weighted by atomic mass is 9.94. The minimum atomic E-state index is -0.696. The van der Waals surface area contributed by atoms with E-state index in [2.05, 4.69) is 10.6 Å². The average molecular weight is 348 g/mol. The lowest BCUT2D eigenvalue weighted by Gasteiger charge is -2.29. The van der Waals surface area contributed by atoms with Crippen LogP contribution in [0.2, 0.25) is 0 Å². The summed E-state index contributed by atoms with van der Waals surface area (Å²) in [5.41, 5.74) is 1.41. The fourth-order valence-electron chi connectivity index (χ4n) is 2.66. The van der Waals surface area contributed by atoms with Crippen molar-refractivity contribution in [1.82, 2.24) is 10.6 Å². The summed E-state index contributed by atoms with van der Waals surface area (Å²) >= 11 is 0. The Morgan fingerprint density at radius 3 is 2.56 bits per heavy atom. The van der Waals surface area contributed by atoms with Crippen molar-refractivity contribution in [3.8, 4) is 11.5 Å². The number of carbonyl (C=O) groups excluding carboxylic acids is 2. The third kappa shape index (κ3) is 4.04. The molecule has 1 aromatic rings. The molecule has 1 aromatic carbocycles. The van der Waals surface area contributed by atoms with Crippen LogP contribution >= 0.6 is 0 Å². The van der Waals surface area contributed by atoms with Gasteiger partial charge in [0.1, 0.15) is 0 Å². The molecule has 0 spiro atoms. The van der Waals surface area contributed by atoms with Crippen LogP contribution in [0.25, 0.3) is 0 Å². The van der Waals surface area contributed by atoms with Gasteiger partial charge in [-0.15, -0.1) is 0 Å². The highest BCUT2D eigenvalue weighted by Crippen LogP contribution is 2.39. The lowest BCUT2D eigenvalue weighted by Crippen LogP contribution is -2.45. The molecule has 2 amide bonds. The molecule has 7 nitrogen and oxygen atoms in total. The van der Waals surface area contributed by atoms with Gasteiger partial charge < -0.3 is 24.8 Å². The molecule has 0 radical (unpaired) electrons. The van der Waals surface area contributed by atoms with Crippen LogP contribution in [0.15, 0.2) is 29.5 Å². The topological polar surface area (TPSA) is 85.9 Å². The molecular formula is C18H24N2O5. The van der Waals surface area contributed by atoms with Crippen molar-refractivity contribution in [1.29, 1.82) is 0 Å². The van der Waals surface area contributed by atoms with Crippen LogP contribution in [0, 0.1) is 5.92 Å². The Balaban J connectivity index is 2.48. The van der Waals surface area contributed by atoms with Gasteiger partial charge in [0.05, 0.1) is 32.4 Å². The van der Waals surface area contributed by atoms with E-state index in [1.54, 1.807) is 25.1 Å². The van der Waals surface area contributed by atoms with E-state index in [-0.39, 0.29) is 5.92 Å². The highest BCUT2D eigenvalue weighted by atomic mass is 16.5. The monoisotopic (exact) mass is 348 g/mol. The first kappa shape index (κ1) is 18.6. The van der Waals surface area contributed by atoms with Crippen molar-refractivity contribution in [2.24, 2.45) is 5.92 Å². The normalized spacial score (nSPS) is 17.0. The smallest absolute Gasteiger partial charge is 0.338 e. The van der Waals surface area contributed by atoms with Crippen LogP contribution < -0.4 is 20.1 Å². The number of ether oxygens (including phenoxy) is 3. The third-order valence-electron chi connectivity index (χ3n) is 3.78. The van der Waals surface area contributed by atoms with Crippen LogP contribution in [0.4, 0.5) is 4.79 Å². The molecular weight excluding hydrogens is 324 g/mol. The zero-order valence-corrected chi connectivity index (χ0v) is 15.1. The highest BCUT2D eigenvalue weighted by molar-refractivity contribution is 5.95. The number of hydrogen-bond acceptors (Lipinski definition) is 5. The number of nitrogens with one attached hydrogen (secondary N) is 2. The molecule has 1 heterocycles. The second-order valence-electron chi connectivity index (χ2n) is 6.15. The minimum absolute atomic E-state index is 0.209. The Labute approximate surface area is 147 Å². The summed E-state index contributed by atoms with van der Waals surface area (Å²) < 4.78 is 16.1. The number of para-hydroxylation sites is 1. The number of rotatable bonds is 6. The molecule has 0 aromatic heterocycles. The molecule has 136 valence electrons. The van der Waals surface area contributed by atoms with Gasteiger partial charge in [0.25, 0.3) is 0 Å². The first-order valence-corrected chi connectivity index (χ1v) is 8.05. The van der Waals surface area contributed by atoms with Gasteiger partial charge in [-0.1, -0.05) is 26.0 Å².